The molecule has 0 bridgehead atoms. The lowest BCUT2D eigenvalue weighted by molar-refractivity contribution is -0.117. The summed E-state index contributed by atoms with van der Waals surface area (Å²) in [5.41, 5.74) is 2.13. The zero-order chi connectivity index (χ0) is 13.3. The number of anilines is 1. The molecule has 1 atom stereocenters. The summed E-state index contributed by atoms with van der Waals surface area (Å²) in [5.74, 6) is -0.293. The normalized spacial score (nSPS) is 19.2. The SMILES string of the molecule is COC(=O)c1ccc(N2CC(S)CC2=O)cc1C. The lowest BCUT2D eigenvalue weighted by atomic mass is 10.1. The molecule has 1 aromatic carbocycles. The Morgan fingerprint density at radius 2 is 2.22 bits per heavy atom. The van der Waals surface area contributed by atoms with E-state index in [1.165, 1.54) is 7.11 Å². The van der Waals surface area contributed by atoms with Gasteiger partial charge < -0.3 is 9.64 Å². The molecule has 1 saturated heterocycles. The number of hydrogen-bond acceptors (Lipinski definition) is 4. The van der Waals surface area contributed by atoms with Crippen molar-refractivity contribution >= 4 is 30.2 Å². The van der Waals surface area contributed by atoms with Crippen LogP contribution in [0.1, 0.15) is 22.3 Å². The van der Waals surface area contributed by atoms with Gasteiger partial charge in [0.2, 0.25) is 5.91 Å². The van der Waals surface area contributed by atoms with Crippen molar-refractivity contribution in [2.24, 2.45) is 0 Å². The third-order valence-electron chi connectivity index (χ3n) is 3.03. The van der Waals surface area contributed by atoms with Crippen molar-refractivity contribution in [3.63, 3.8) is 0 Å². The quantitative estimate of drug-likeness (QED) is 0.655. The Kier molecular flexibility index (Phi) is 3.61. The molecular weight excluding hydrogens is 250 g/mol. The predicted molar refractivity (Wildman–Crippen MR) is 72.3 cm³/mol. The summed E-state index contributed by atoms with van der Waals surface area (Å²) in [4.78, 5) is 24.9. The summed E-state index contributed by atoms with van der Waals surface area (Å²) in [7, 11) is 1.35. The molecule has 0 spiro atoms. The number of nitrogens with zero attached hydrogens (tertiary/aromatic N) is 1. The van der Waals surface area contributed by atoms with Gasteiger partial charge >= 0.3 is 5.97 Å². The van der Waals surface area contributed by atoms with E-state index in [4.69, 9.17) is 0 Å². The van der Waals surface area contributed by atoms with Crippen molar-refractivity contribution in [3.8, 4) is 0 Å². The summed E-state index contributed by atoms with van der Waals surface area (Å²) in [6, 6.07) is 5.29. The number of thiol groups is 1. The monoisotopic (exact) mass is 265 g/mol. The third-order valence-corrected chi connectivity index (χ3v) is 3.38. The van der Waals surface area contributed by atoms with E-state index in [2.05, 4.69) is 17.4 Å². The molecule has 1 unspecified atom stereocenters. The smallest absolute Gasteiger partial charge is 0.338 e. The standard InChI is InChI=1S/C13H15NO3S/c1-8-5-9(3-4-11(8)13(16)17-2)14-7-10(18)6-12(14)15/h3-5,10,18H,6-7H2,1-2H3. The summed E-state index contributed by atoms with van der Waals surface area (Å²) < 4.78 is 4.69. The van der Waals surface area contributed by atoms with Gasteiger partial charge in [-0.3, -0.25) is 4.79 Å². The van der Waals surface area contributed by atoms with Gasteiger partial charge in [0.25, 0.3) is 0 Å². The number of hydrogen-bond donors (Lipinski definition) is 1. The number of carbonyl (C=O) groups is 2. The van der Waals surface area contributed by atoms with Crippen LogP contribution in [0.15, 0.2) is 18.2 Å². The first-order chi connectivity index (χ1) is 8.52. The molecule has 96 valence electrons. The minimum Gasteiger partial charge on any atom is -0.465 e. The van der Waals surface area contributed by atoms with Crippen LogP contribution in [0.3, 0.4) is 0 Å². The molecule has 2 rings (SSSR count). The second-order valence-electron chi connectivity index (χ2n) is 4.35. The van der Waals surface area contributed by atoms with E-state index >= 15 is 0 Å². The maximum atomic E-state index is 11.8. The number of rotatable bonds is 2. The first-order valence-electron chi connectivity index (χ1n) is 5.70. The van der Waals surface area contributed by atoms with Gasteiger partial charge in [-0.2, -0.15) is 12.6 Å². The molecule has 0 radical (unpaired) electrons. The molecule has 1 aliphatic heterocycles. The second kappa shape index (κ2) is 5.02. The molecule has 5 heteroatoms. The van der Waals surface area contributed by atoms with Gasteiger partial charge in [0.15, 0.2) is 0 Å². The van der Waals surface area contributed by atoms with Crippen LogP contribution in [0.2, 0.25) is 0 Å². The molecule has 1 aliphatic rings. The van der Waals surface area contributed by atoms with Crippen molar-refractivity contribution in [2.45, 2.75) is 18.6 Å². The zero-order valence-corrected chi connectivity index (χ0v) is 11.2. The number of esters is 1. The molecule has 0 saturated carbocycles. The van der Waals surface area contributed by atoms with Crippen LogP contribution in [0.4, 0.5) is 5.69 Å². The maximum Gasteiger partial charge on any atom is 0.338 e. The Labute approximate surface area is 111 Å². The number of ether oxygens (including phenoxy) is 1. The van der Waals surface area contributed by atoms with E-state index < -0.39 is 0 Å². The zero-order valence-electron chi connectivity index (χ0n) is 10.3. The number of amides is 1. The van der Waals surface area contributed by atoms with Gasteiger partial charge in [-0.05, 0) is 30.7 Å². The van der Waals surface area contributed by atoms with Crippen LogP contribution >= 0.6 is 12.6 Å². The highest BCUT2D eigenvalue weighted by Gasteiger charge is 2.28. The summed E-state index contributed by atoms with van der Waals surface area (Å²) in [5, 5.41) is 0.0816. The largest absolute Gasteiger partial charge is 0.465 e. The number of methoxy groups -OCH3 is 1. The van der Waals surface area contributed by atoms with Crippen molar-refractivity contribution in [1.29, 1.82) is 0 Å². The lowest BCUT2D eigenvalue weighted by Gasteiger charge is -2.17. The Morgan fingerprint density at radius 1 is 1.50 bits per heavy atom. The first-order valence-corrected chi connectivity index (χ1v) is 6.22. The molecule has 0 aromatic heterocycles. The second-order valence-corrected chi connectivity index (χ2v) is 5.08. The molecule has 1 heterocycles. The Bertz CT molecular complexity index is 501. The summed E-state index contributed by atoms with van der Waals surface area (Å²) in [6.45, 7) is 2.44. The molecule has 18 heavy (non-hydrogen) atoms. The van der Waals surface area contributed by atoms with Gasteiger partial charge in [-0.1, -0.05) is 0 Å². The fraction of sp³-hybridized carbons (Fsp3) is 0.385. The van der Waals surface area contributed by atoms with E-state index in [0.717, 1.165) is 11.3 Å². The van der Waals surface area contributed by atoms with Gasteiger partial charge in [-0.25, -0.2) is 4.79 Å². The van der Waals surface area contributed by atoms with E-state index in [1.54, 1.807) is 17.0 Å². The Hall–Kier alpha value is -1.49. The van der Waals surface area contributed by atoms with Crippen LogP contribution in [0, 0.1) is 6.92 Å². The van der Waals surface area contributed by atoms with Crippen molar-refractivity contribution in [1.82, 2.24) is 0 Å². The van der Waals surface area contributed by atoms with E-state index in [9.17, 15) is 9.59 Å². The average molecular weight is 265 g/mol. The van der Waals surface area contributed by atoms with Crippen LogP contribution in [0.25, 0.3) is 0 Å². The number of aryl methyl sites for hydroxylation is 1. The van der Waals surface area contributed by atoms with Gasteiger partial charge in [-0.15, -0.1) is 0 Å². The Morgan fingerprint density at radius 3 is 2.72 bits per heavy atom. The van der Waals surface area contributed by atoms with Gasteiger partial charge in [0.05, 0.1) is 12.7 Å². The minimum atomic E-state index is -0.362. The summed E-state index contributed by atoms with van der Waals surface area (Å²) in [6.07, 6.45) is 0.459. The van der Waals surface area contributed by atoms with E-state index in [1.807, 2.05) is 13.0 Å². The first kappa shape index (κ1) is 13.0. The van der Waals surface area contributed by atoms with Crippen molar-refractivity contribution in [2.75, 3.05) is 18.6 Å². The summed E-state index contributed by atoms with van der Waals surface area (Å²) >= 11 is 4.32. The fourth-order valence-corrected chi connectivity index (χ4v) is 2.41. The number of carbonyl (C=O) groups excluding carboxylic acids is 2. The maximum absolute atomic E-state index is 11.8. The highest BCUT2D eigenvalue weighted by molar-refractivity contribution is 7.81. The van der Waals surface area contributed by atoms with Crippen LogP contribution in [-0.2, 0) is 9.53 Å². The number of benzene rings is 1. The molecule has 1 fully saturated rings. The molecule has 1 aromatic rings. The third kappa shape index (κ3) is 2.36. The van der Waals surface area contributed by atoms with Crippen molar-refractivity contribution < 1.29 is 14.3 Å². The van der Waals surface area contributed by atoms with E-state index in [0.29, 0.717) is 18.5 Å². The van der Waals surface area contributed by atoms with Gasteiger partial charge in [0.1, 0.15) is 0 Å². The topological polar surface area (TPSA) is 46.6 Å². The van der Waals surface area contributed by atoms with Gasteiger partial charge in [0, 0.05) is 23.9 Å². The van der Waals surface area contributed by atoms with E-state index in [-0.39, 0.29) is 17.1 Å². The molecule has 0 N–H and O–H groups in total. The average Bonchev–Trinajstić information content (AvgIpc) is 2.67. The molecular formula is C13H15NO3S. The van der Waals surface area contributed by atoms with Crippen LogP contribution < -0.4 is 4.90 Å². The molecule has 4 nitrogen and oxygen atoms in total. The van der Waals surface area contributed by atoms with Crippen molar-refractivity contribution in [3.05, 3.63) is 29.3 Å². The molecule has 0 aliphatic carbocycles. The highest BCUT2D eigenvalue weighted by atomic mass is 32.1. The fourth-order valence-electron chi connectivity index (χ4n) is 2.09. The Balaban J connectivity index is 2.29. The molecule has 1 amide bonds. The van der Waals surface area contributed by atoms with Crippen LogP contribution in [-0.4, -0.2) is 30.8 Å². The predicted octanol–water partition coefficient (Wildman–Crippen LogP) is 1.82. The highest BCUT2D eigenvalue weighted by Crippen LogP contribution is 2.26. The minimum absolute atomic E-state index is 0.0696. The lowest BCUT2D eigenvalue weighted by Crippen LogP contribution is -2.24. The van der Waals surface area contributed by atoms with Crippen LogP contribution in [0.5, 0.6) is 0 Å².